The van der Waals surface area contributed by atoms with E-state index in [2.05, 4.69) is 4.72 Å². The van der Waals surface area contributed by atoms with Crippen molar-refractivity contribution < 1.29 is 27.9 Å². The standard InChI is InChI=1S/C20H18N2O2S.CH3.Ru/c21-19(16-10-4-1-5-11-16)20(17-12-6-2-7-13-17)22-25(23,24)18-14-8-3-9-15-18;;/h1-15,19-21H;1H3;/q-2;-1;+3. The van der Waals surface area contributed by atoms with Crippen molar-refractivity contribution in [3.05, 3.63) is 120 Å². The Morgan fingerprint density at radius 2 is 1.11 bits per heavy atom. The zero-order valence-electron chi connectivity index (χ0n) is 14.8. The molecule has 0 aliphatic carbocycles. The normalized spacial score (nSPS) is 12.9. The zero-order valence-corrected chi connectivity index (χ0v) is 17.4. The zero-order chi connectivity index (χ0) is 17.7. The first kappa shape index (κ1) is 23.2. The number of hydrogen-bond acceptors (Lipinski definition) is 2. The summed E-state index contributed by atoms with van der Waals surface area (Å²) >= 11 is 0. The average molecular weight is 467 g/mol. The third kappa shape index (κ3) is 5.81. The van der Waals surface area contributed by atoms with E-state index < -0.39 is 22.1 Å². The molecule has 2 atom stereocenters. The molecule has 0 saturated heterocycles. The van der Waals surface area contributed by atoms with Gasteiger partial charge in [-0.25, -0.2) is 8.42 Å². The van der Waals surface area contributed by atoms with Gasteiger partial charge in [-0.1, -0.05) is 90.0 Å². The molecule has 0 saturated carbocycles. The minimum atomic E-state index is -3.86. The summed E-state index contributed by atoms with van der Waals surface area (Å²) in [6.07, 6.45) is 0. The predicted octanol–water partition coefficient (Wildman–Crippen LogP) is 5.73. The van der Waals surface area contributed by atoms with Crippen molar-refractivity contribution in [2.45, 2.75) is 17.0 Å². The van der Waals surface area contributed by atoms with Crippen LogP contribution in [0, 0.1) is 7.43 Å². The number of nitrogens with zero attached hydrogens (tertiary/aromatic N) is 1. The molecule has 0 amide bonds. The molecule has 0 spiro atoms. The number of sulfonamides is 1. The summed E-state index contributed by atoms with van der Waals surface area (Å²) in [6, 6.07) is 24.8. The molecule has 6 heteroatoms. The molecule has 0 fully saturated rings. The van der Waals surface area contributed by atoms with Crippen LogP contribution in [0.5, 0.6) is 0 Å². The molecule has 0 aliphatic rings. The van der Waals surface area contributed by atoms with Gasteiger partial charge in [0.25, 0.3) is 0 Å². The summed E-state index contributed by atoms with van der Waals surface area (Å²) in [5.41, 5.74) is 10.0. The van der Waals surface area contributed by atoms with Gasteiger partial charge in [-0.2, -0.15) is 0 Å². The summed E-state index contributed by atoms with van der Waals surface area (Å²) in [6.45, 7) is 0. The van der Waals surface area contributed by atoms with Crippen molar-refractivity contribution >= 4 is 10.0 Å². The minimum absolute atomic E-state index is 0. The maximum Gasteiger partial charge on any atom is 3.00 e. The maximum absolute atomic E-state index is 12.7. The Kier molecular flexibility index (Phi) is 9.00. The Bertz CT molecular complexity index is 905. The van der Waals surface area contributed by atoms with Crippen molar-refractivity contribution in [1.82, 2.24) is 0 Å². The minimum Gasteiger partial charge on any atom is -0.672 e. The number of rotatable bonds is 6. The van der Waals surface area contributed by atoms with E-state index in [4.69, 9.17) is 5.73 Å². The summed E-state index contributed by atoms with van der Waals surface area (Å²) in [5.74, 6) is 0. The third-order valence-corrected chi connectivity index (χ3v) is 5.28. The maximum atomic E-state index is 12.7. The SMILES string of the molecule is [CH3-].[NH-]C(c1ccccc1)C([N-]S(=O)(=O)c1ccccc1)c1ccccc1.[Ru+3]. The van der Waals surface area contributed by atoms with E-state index >= 15 is 0 Å². The second-order valence-corrected chi connectivity index (χ2v) is 7.27. The Labute approximate surface area is 174 Å². The molecule has 3 aromatic rings. The van der Waals surface area contributed by atoms with Gasteiger partial charge in [0.1, 0.15) is 10.0 Å². The second-order valence-electron chi connectivity index (χ2n) is 5.64. The molecule has 1 N–H and O–H groups in total. The van der Waals surface area contributed by atoms with E-state index in [-0.39, 0.29) is 31.8 Å². The van der Waals surface area contributed by atoms with Crippen LogP contribution < -0.4 is 0 Å². The van der Waals surface area contributed by atoms with Crippen LogP contribution in [0.25, 0.3) is 10.5 Å². The van der Waals surface area contributed by atoms with Gasteiger partial charge in [0, 0.05) is 4.90 Å². The molecule has 3 rings (SSSR count). The van der Waals surface area contributed by atoms with Gasteiger partial charge in [0.2, 0.25) is 0 Å². The van der Waals surface area contributed by atoms with Crippen molar-refractivity contribution in [3.63, 3.8) is 0 Å². The van der Waals surface area contributed by atoms with E-state index in [1.807, 2.05) is 48.5 Å². The van der Waals surface area contributed by atoms with Crippen LogP contribution in [-0.4, -0.2) is 8.42 Å². The number of benzene rings is 3. The van der Waals surface area contributed by atoms with Gasteiger partial charge in [0.05, 0.1) is 0 Å². The quantitative estimate of drug-likeness (QED) is 0.344. The molecule has 0 bridgehead atoms. The first-order valence-corrected chi connectivity index (χ1v) is 9.35. The predicted molar refractivity (Wildman–Crippen MR) is 106 cm³/mol. The largest absolute Gasteiger partial charge is 3.00 e. The first-order chi connectivity index (χ1) is 12.1. The van der Waals surface area contributed by atoms with Crippen molar-refractivity contribution in [3.8, 4) is 0 Å². The first-order valence-electron chi connectivity index (χ1n) is 7.91. The van der Waals surface area contributed by atoms with Gasteiger partial charge >= 0.3 is 19.5 Å². The smallest absolute Gasteiger partial charge is 0.672 e. The third-order valence-electron chi connectivity index (χ3n) is 3.91. The Morgan fingerprint density at radius 3 is 1.59 bits per heavy atom. The number of hydrogen-bond donors (Lipinski definition) is 0. The molecule has 2 unspecified atom stereocenters. The monoisotopic (exact) mass is 467 g/mol. The van der Waals surface area contributed by atoms with E-state index in [1.165, 1.54) is 12.1 Å². The van der Waals surface area contributed by atoms with E-state index in [9.17, 15) is 8.42 Å². The van der Waals surface area contributed by atoms with E-state index in [1.54, 1.807) is 30.3 Å². The fourth-order valence-corrected chi connectivity index (χ4v) is 3.78. The van der Waals surface area contributed by atoms with Crippen LogP contribution in [-0.2, 0) is 29.5 Å². The molecule has 141 valence electrons. The summed E-state index contributed by atoms with van der Waals surface area (Å²) < 4.78 is 29.5. The average Bonchev–Trinajstić information content (AvgIpc) is 2.68. The van der Waals surface area contributed by atoms with Gasteiger partial charge in [0.15, 0.2) is 0 Å². The van der Waals surface area contributed by atoms with E-state index in [0.29, 0.717) is 5.56 Å². The number of nitrogens with one attached hydrogen (secondary N) is 1. The fourth-order valence-electron chi connectivity index (χ4n) is 2.61. The van der Waals surface area contributed by atoms with Gasteiger partial charge in [-0.15, -0.1) is 12.1 Å². The van der Waals surface area contributed by atoms with Gasteiger partial charge in [-0.3, -0.25) is 0 Å². The Morgan fingerprint density at radius 1 is 0.704 bits per heavy atom. The van der Waals surface area contributed by atoms with Gasteiger partial charge in [-0.05, 0) is 12.1 Å². The van der Waals surface area contributed by atoms with Crippen LogP contribution in [0.15, 0.2) is 95.9 Å². The Hall–Kier alpha value is -1.85. The van der Waals surface area contributed by atoms with E-state index in [0.717, 1.165) is 5.56 Å². The van der Waals surface area contributed by atoms with Crippen molar-refractivity contribution in [2.24, 2.45) is 0 Å². The van der Waals surface area contributed by atoms with Crippen LogP contribution in [0.3, 0.4) is 0 Å². The van der Waals surface area contributed by atoms with Crippen LogP contribution in [0.4, 0.5) is 0 Å². The summed E-state index contributed by atoms with van der Waals surface area (Å²) in [7, 11) is -3.86. The molecule has 0 heterocycles. The summed E-state index contributed by atoms with van der Waals surface area (Å²) in [5, 5.41) is 0. The van der Waals surface area contributed by atoms with Crippen LogP contribution in [0.1, 0.15) is 23.2 Å². The molecular weight excluding hydrogens is 445 g/mol. The van der Waals surface area contributed by atoms with Crippen molar-refractivity contribution in [2.75, 3.05) is 0 Å². The molecule has 0 aliphatic heterocycles. The summed E-state index contributed by atoms with van der Waals surface area (Å²) in [4.78, 5) is 0.135. The van der Waals surface area contributed by atoms with Crippen LogP contribution >= 0.6 is 0 Å². The Balaban J connectivity index is 0.00000182. The van der Waals surface area contributed by atoms with Crippen LogP contribution in [0.2, 0.25) is 0 Å². The molecule has 4 nitrogen and oxygen atoms in total. The molecular formula is C21H21N2O2RuS. The van der Waals surface area contributed by atoms with Gasteiger partial charge < -0.3 is 17.9 Å². The fraction of sp³-hybridized carbons (Fsp3) is 0.0952. The van der Waals surface area contributed by atoms with Crippen molar-refractivity contribution in [1.29, 1.82) is 0 Å². The molecule has 3 aromatic carbocycles. The topological polar surface area (TPSA) is 72.0 Å². The molecule has 0 aromatic heterocycles. The molecule has 1 radical (unpaired) electrons. The molecule has 27 heavy (non-hydrogen) atoms. The second kappa shape index (κ2) is 10.5.